The molecule has 1 amide bonds. The molecule has 2 unspecified atom stereocenters. The van der Waals surface area contributed by atoms with Crippen LogP contribution < -0.4 is 5.32 Å². The van der Waals surface area contributed by atoms with E-state index in [-0.39, 0.29) is 5.91 Å². The summed E-state index contributed by atoms with van der Waals surface area (Å²) >= 11 is 3.28. The highest BCUT2D eigenvalue weighted by Gasteiger charge is 2.18. The zero-order valence-corrected chi connectivity index (χ0v) is 12.9. The highest BCUT2D eigenvalue weighted by atomic mass is 79.9. The molecule has 1 aromatic rings. The Morgan fingerprint density at radius 1 is 1.53 bits per heavy atom. The number of pyridine rings is 1. The number of carbonyl (C=O) groups is 1. The van der Waals surface area contributed by atoms with E-state index in [1.807, 2.05) is 0 Å². The summed E-state index contributed by atoms with van der Waals surface area (Å²) in [5.74, 6) is 1.63. The number of aromatic nitrogens is 1. The van der Waals surface area contributed by atoms with Gasteiger partial charge in [0.2, 0.25) is 0 Å². The predicted octanol–water partition coefficient (Wildman–Crippen LogP) is 3.79. The Balaban J connectivity index is 1.75. The monoisotopic (exact) mass is 324 g/mol. The molecule has 1 heterocycles. The van der Waals surface area contributed by atoms with Crippen molar-refractivity contribution in [3.05, 3.63) is 28.5 Å². The molecule has 104 valence electrons. The van der Waals surface area contributed by atoms with Gasteiger partial charge in [0.1, 0.15) is 4.60 Å². The summed E-state index contributed by atoms with van der Waals surface area (Å²) in [4.78, 5) is 16.0. The van der Waals surface area contributed by atoms with Crippen molar-refractivity contribution in [2.45, 2.75) is 39.0 Å². The number of rotatable bonds is 4. The molecule has 0 aliphatic heterocycles. The van der Waals surface area contributed by atoms with Crippen LogP contribution in [0.3, 0.4) is 0 Å². The fourth-order valence-electron chi connectivity index (χ4n) is 2.86. The molecule has 19 heavy (non-hydrogen) atoms. The summed E-state index contributed by atoms with van der Waals surface area (Å²) in [5, 5.41) is 3.00. The Kier molecular flexibility index (Phi) is 5.37. The van der Waals surface area contributed by atoms with Crippen LogP contribution in [0.2, 0.25) is 0 Å². The summed E-state index contributed by atoms with van der Waals surface area (Å²) < 4.78 is 0.696. The van der Waals surface area contributed by atoms with Crippen LogP contribution in [0, 0.1) is 11.8 Å². The van der Waals surface area contributed by atoms with E-state index in [0.29, 0.717) is 10.2 Å². The van der Waals surface area contributed by atoms with Crippen molar-refractivity contribution in [2.24, 2.45) is 11.8 Å². The third-order valence-corrected chi connectivity index (χ3v) is 4.31. The van der Waals surface area contributed by atoms with Crippen LogP contribution in [-0.2, 0) is 0 Å². The molecule has 2 atom stereocenters. The number of nitrogens with zero attached hydrogens (tertiary/aromatic N) is 1. The van der Waals surface area contributed by atoms with Gasteiger partial charge in [0.05, 0.1) is 0 Å². The molecule has 0 bridgehead atoms. The van der Waals surface area contributed by atoms with Crippen molar-refractivity contribution >= 4 is 21.8 Å². The summed E-state index contributed by atoms with van der Waals surface area (Å²) in [5.41, 5.74) is 0.666. The topological polar surface area (TPSA) is 42.0 Å². The van der Waals surface area contributed by atoms with Gasteiger partial charge in [-0.05, 0) is 52.7 Å². The van der Waals surface area contributed by atoms with Crippen molar-refractivity contribution in [3.8, 4) is 0 Å². The van der Waals surface area contributed by atoms with Gasteiger partial charge in [-0.25, -0.2) is 4.98 Å². The van der Waals surface area contributed by atoms with Gasteiger partial charge in [-0.2, -0.15) is 0 Å². The lowest BCUT2D eigenvalue weighted by molar-refractivity contribution is 0.0949. The van der Waals surface area contributed by atoms with E-state index in [1.54, 1.807) is 18.3 Å². The Bertz CT molecular complexity index is 436. The lowest BCUT2D eigenvalue weighted by Crippen LogP contribution is -2.27. The molecule has 4 heteroatoms. The van der Waals surface area contributed by atoms with E-state index in [9.17, 15) is 4.79 Å². The average molecular weight is 325 g/mol. The predicted molar refractivity (Wildman–Crippen MR) is 80.0 cm³/mol. The lowest BCUT2D eigenvalue weighted by Gasteiger charge is -2.26. The maximum absolute atomic E-state index is 11.9. The molecule has 2 rings (SSSR count). The van der Waals surface area contributed by atoms with Gasteiger partial charge in [0.25, 0.3) is 5.91 Å². The van der Waals surface area contributed by atoms with Gasteiger partial charge in [0.15, 0.2) is 0 Å². The molecule has 1 N–H and O–H groups in total. The number of nitrogens with one attached hydrogen (secondary N) is 1. The maximum atomic E-state index is 11.9. The summed E-state index contributed by atoms with van der Waals surface area (Å²) in [6.45, 7) is 3.11. The van der Waals surface area contributed by atoms with E-state index in [1.165, 1.54) is 25.7 Å². The Hall–Kier alpha value is -0.900. The second kappa shape index (κ2) is 7.04. The van der Waals surface area contributed by atoms with Gasteiger partial charge < -0.3 is 5.32 Å². The molecule has 0 spiro atoms. The zero-order chi connectivity index (χ0) is 13.7. The molecular formula is C15H21BrN2O. The molecule has 0 aromatic carbocycles. The van der Waals surface area contributed by atoms with E-state index < -0.39 is 0 Å². The third-order valence-electron chi connectivity index (χ3n) is 3.87. The first-order chi connectivity index (χ1) is 9.15. The van der Waals surface area contributed by atoms with Gasteiger partial charge in [-0.1, -0.05) is 26.2 Å². The van der Waals surface area contributed by atoms with Crippen molar-refractivity contribution in [2.75, 3.05) is 6.54 Å². The van der Waals surface area contributed by atoms with E-state index in [0.717, 1.165) is 24.8 Å². The number of halogens is 1. The number of carbonyl (C=O) groups excluding carboxylic acids is 1. The number of hydrogen-bond donors (Lipinski definition) is 1. The quantitative estimate of drug-likeness (QED) is 0.856. The highest BCUT2D eigenvalue weighted by molar-refractivity contribution is 9.10. The Labute approximate surface area is 123 Å². The third kappa shape index (κ3) is 4.60. The highest BCUT2D eigenvalue weighted by Crippen LogP contribution is 2.30. The molecule has 1 aliphatic carbocycles. The second-order valence-electron chi connectivity index (χ2n) is 5.55. The molecular weight excluding hydrogens is 304 g/mol. The number of hydrogen-bond acceptors (Lipinski definition) is 2. The van der Waals surface area contributed by atoms with Crippen LogP contribution >= 0.6 is 15.9 Å². The lowest BCUT2D eigenvalue weighted by atomic mass is 9.81. The molecule has 0 saturated heterocycles. The van der Waals surface area contributed by atoms with Gasteiger partial charge >= 0.3 is 0 Å². The van der Waals surface area contributed by atoms with Crippen LogP contribution in [-0.4, -0.2) is 17.4 Å². The summed E-state index contributed by atoms with van der Waals surface area (Å²) in [6, 6.07) is 3.49. The van der Waals surface area contributed by atoms with Gasteiger partial charge in [-0.3, -0.25) is 4.79 Å². The van der Waals surface area contributed by atoms with E-state index in [2.05, 4.69) is 33.2 Å². The second-order valence-corrected chi connectivity index (χ2v) is 6.36. The van der Waals surface area contributed by atoms with Crippen LogP contribution in [0.5, 0.6) is 0 Å². The van der Waals surface area contributed by atoms with Crippen molar-refractivity contribution in [1.29, 1.82) is 0 Å². The number of amides is 1. The zero-order valence-electron chi connectivity index (χ0n) is 11.4. The summed E-state index contributed by atoms with van der Waals surface area (Å²) in [6.07, 6.45) is 8.09. The van der Waals surface area contributed by atoms with Crippen molar-refractivity contribution < 1.29 is 4.79 Å². The fourth-order valence-corrected chi connectivity index (χ4v) is 3.22. The summed E-state index contributed by atoms with van der Waals surface area (Å²) in [7, 11) is 0. The normalized spacial score (nSPS) is 23.1. The first kappa shape index (κ1) is 14.5. The maximum Gasteiger partial charge on any atom is 0.251 e. The molecule has 3 nitrogen and oxygen atoms in total. The van der Waals surface area contributed by atoms with Crippen LogP contribution in [0.1, 0.15) is 49.4 Å². The van der Waals surface area contributed by atoms with Crippen LogP contribution in [0.25, 0.3) is 0 Å². The Morgan fingerprint density at radius 3 is 3.11 bits per heavy atom. The fraction of sp³-hybridized carbons (Fsp3) is 0.600. The Morgan fingerprint density at radius 2 is 2.37 bits per heavy atom. The van der Waals surface area contributed by atoms with Crippen LogP contribution in [0.15, 0.2) is 22.9 Å². The largest absolute Gasteiger partial charge is 0.352 e. The first-order valence-electron chi connectivity index (χ1n) is 7.05. The molecule has 1 aromatic heterocycles. The minimum Gasteiger partial charge on any atom is -0.352 e. The minimum absolute atomic E-state index is 0.00745. The van der Waals surface area contributed by atoms with Crippen molar-refractivity contribution in [1.82, 2.24) is 10.3 Å². The average Bonchev–Trinajstić information content (AvgIpc) is 2.38. The van der Waals surface area contributed by atoms with Crippen LogP contribution in [0.4, 0.5) is 0 Å². The van der Waals surface area contributed by atoms with E-state index in [4.69, 9.17) is 0 Å². The van der Waals surface area contributed by atoms with E-state index >= 15 is 0 Å². The molecule has 0 radical (unpaired) electrons. The smallest absolute Gasteiger partial charge is 0.251 e. The molecule has 1 saturated carbocycles. The standard InChI is InChI=1S/C15H21BrN2O/c1-11-3-2-4-12(9-11)5-7-18-15(19)13-6-8-17-14(16)10-13/h6,8,10-12H,2-5,7,9H2,1H3,(H,18,19). The van der Waals surface area contributed by atoms with Gasteiger partial charge in [-0.15, -0.1) is 0 Å². The first-order valence-corrected chi connectivity index (χ1v) is 7.84. The van der Waals surface area contributed by atoms with Crippen molar-refractivity contribution in [3.63, 3.8) is 0 Å². The van der Waals surface area contributed by atoms with Gasteiger partial charge in [0, 0.05) is 18.3 Å². The molecule has 1 aliphatic rings. The minimum atomic E-state index is -0.00745. The molecule has 1 fully saturated rings. The SMILES string of the molecule is CC1CCCC(CCNC(=O)c2ccnc(Br)c2)C1.